The first-order valence-corrected chi connectivity index (χ1v) is 7.06. The van der Waals surface area contributed by atoms with Crippen LogP contribution in [0.3, 0.4) is 0 Å². The van der Waals surface area contributed by atoms with Crippen molar-refractivity contribution in [3.05, 3.63) is 69.7 Å². The SMILES string of the molecule is CC(O)(Cc1ccccc1F)Cc1ccc(F)cc1Br. The van der Waals surface area contributed by atoms with Crippen molar-refractivity contribution in [3.63, 3.8) is 0 Å². The van der Waals surface area contributed by atoms with E-state index in [9.17, 15) is 13.9 Å². The number of rotatable bonds is 4. The maximum Gasteiger partial charge on any atom is 0.126 e. The Balaban J connectivity index is 2.17. The van der Waals surface area contributed by atoms with Crippen molar-refractivity contribution in [1.82, 2.24) is 0 Å². The third-order valence-corrected chi connectivity index (χ3v) is 3.85. The standard InChI is InChI=1S/C16H15BrF2O/c1-16(20,10-12-4-2-3-5-15(12)19)9-11-6-7-13(18)8-14(11)17/h2-8,20H,9-10H2,1H3. The Kier molecular flexibility index (Phi) is 4.55. The number of aliphatic hydroxyl groups is 1. The first-order chi connectivity index (χ1) is 9.37. The summed E-state index contributed by atoms with van der Waals surface area (Å²) < 4.78 is 27.3. The molecular weight excluding hydrogens is 326 g/mol. The zero-order valence-corrected chi connectivity index (χ0v) is 12.6. The summed E-state index contributed by atoms with van der Waals surface area (Å²) >= 11 is 3.27. The number of benzene rings is 2. The molecule has 106 valence electrons. The Hall–Kier alpha value is -1.26. The third kappa shape index (κ3) is 3.87. The molecule has 0 fully saturated rings. The lowest BCUT2D eigenvalue weighted by molar-refractivity contribution is 0.0597. The Morgan fingerprint density at radius 1 is 1.05 bits per heavy atom. The second-order valence-corrected chi connectivity index (χ2v) is 6.03. The lowest BCUT2D eigenvalue weighted by Gasteiger charge is -2.24. The number of hydrogen-bond donors (Lipinski definition) is 1. The molecule has 0 saturated carbocycles. The van der Waals surface area contributed by atoms with Gasteiger partial charge in [0.05, 0.1) is 5.60 Å². The zero-order chi connectivity index (χ0) is 14.8. The van der Waals surface area contributed by atoms with Crippen LogP contribution < -0.4 is 0 Å². The molecule has 0 heterocycles. The Morgan fingerprint density at radius 2 is 1.70 bits per heavy atom. The molecule has 0 aliphatic heterocycles. The minimum absolute atomic E-state index is 0.198. The maximum atomic E-state index is 13.6. The smallest absolute Gasteiger partial charge is 0.126 e. The summed E-state index contributed by atoms with van der Waals surface area (Å²) in [5.41, 5.74) is 0.145. The summed E-state index contributed by atoms with van der Waals surface area (Å²) in [7, 11) is 0. The molecule has 1 N–H and O–H groups in total. The van der Waals surface area contributed by atoms with E-state index >= 15 is 0 Å². The fraction of sp³-hybridized carbons (Fsp3) is 0.250. The highest BCUT2D eigenvalue weighted by Crippen LogP contribution is 2.25. The topological polar surface area (TPSA) is 20.2 Å². The van der Waals surface area contributed by atoms with Gasteiger partial charge in [-0.1, -0.05) is 40.2 Å². The van der Waals surface area contributed by atoms with Crippen molar-refractivity contribution in [2.45, 2.75) is 25.4 Å². The molecule has 0 spiro atoms. The molecule has 4 heteroatoms. The van der Waals surface area contributed by atoms with Gasteiger partial charge in [0, 0.05) is 17.3 Å². The molecule has 2 aromatic rings. The first-order valence-electron chi connectivity index (χ1n) is 6.27. The molecule has 2 aromatic carbocycles. The summed E-state index contributed by atoms with van der Waals surface area (Å²) in [6.45, 7) is 1.65. The van der Waals surface area contributed by atoms with Crippen LogP contribution in [-0.4, -0.2) is 10.7 Å². The van der Waals surface area contributed by atoms with Crippen LogP contribution in [-0.2, 0) is 12.8 Å². The molecule has 0 aromatic heterocycles. The van der Waals surface area contributed by atoms with Crippen LogP contribution in [0.25, 0.3) is 0 Å². The number of halogens is 3. The molecule has 0 bridgehead atoms. The largest absolute Gasteiger partial charge is 0.389 e. The highest BCUT2D eigenvalue weighted by Gasteiger charge is 2.24. The van der Waals surface area contributed by atoms with Gasteiger partial charge in [0.25, 0.3) is 0 Å². The molecule has 0 saturated heterocycles. The lowest BCUT2D eigenvalue weighted by atomic mass is 9.89. The third-order valence-electron chi connectivity index (χ3n) is 3.12. The van der Waals surface area contributed by atoms with Gasteiger partial charge in [-0.15, -0.1) is 0 Å². The maximum absolute atomic E-state index is 13.6. The second-order valence-electron chi connectivity index (χ2n) is 5.18. The van der Waals surface area contributed by atoms with E-state index in [1.807, 2.05) is 0 Å². The van der Waals surface area contributed by atoms with Crippen molar-refractivity contribution in [2.24, 2.45) is 0 Å². The van der Waals surface area contributed by atoms with E-state index in [4.69, 9.17) is 0 Å². The van der Waals surface area contributed by atoms with Gasteiger partial charge in [0.2, 0.25) is 0 Å². The van der Waals surface area contributed by atoms with Crippen LogP contribution in [0.15, 0.2) is 46.9 Å². The van der Waals surface area contributed by atoms with E-state index in [1.54, 1.807) is 31.2 Å². The van der Waals surface area contributed by atoms with Crippen LogP contribution in [0.5, 0.6) is 0 Å². The molecule has 1 unspecified atom stereocenters. The molecule has 2 rings (SSSR count). The quantitative estimate of drug-likeness (QED) is 0.881. The molecule has 0 amide bonds. The van der Waals surface area contributed by atoms with Crippen molar-refractivity contribution >= 4 is 15.9 Å². The molecule has 1 nitrogen and oxygen atoms in total. The van der Waals surface area contributed by atoms with Crippen molar-refractivity contribution in [1.29, 1.82) is 0 Å². The fourth-order valence-corrected chi connectivity index (χ4v) is 2.68. The predicted molar refractivity (Wildman–Crippen MR) is 78.5 cm³/mol. The van der Waals surface area contributed by atoms with E-state index in [0.29, 0.717) is 16.5 Å². The van der Waals surface area contributed by atoms with Gasteiger partial charge in [0.15, 0.2) is 0 Å². The van der Waals surface area contributed by atoms with Gasteiger partial charge in [-0.2, -0.15) is 0 Å². The van der Waals surface area contributed by atoms with Crippen molar-refractivity contribution < 1.29 is 13.9 Å². The second kappa shape index (κ2) is 6.02. The summed E-state index contributed by atoms with van der Waals surface area (Å²) in [5, 5.41) is 10.5. The fourth-order valence-electron chi connectivity index (χ4n) is 2.19. The molecule has 20 heavy (non-hydrogen) atoms. The monoisotopic (exact) mass is 340 g/mol. The van der Waals surface area contributed by atoms with Gasteiger partial charge in [-0.25, -0.2) is 8.78 Å². The van der Waals surface area contributed by atoms with Crippen LogP contribution in [0.2, 0.25) is 0 Å². The molecule has 1 atom stereocenters. The Bertz CT molecular complexity index is 611. The minimum atomic E-state index is -1.11. The van der Waals surface area contributed by atoms with Crippen molar-refractivity contribution in [3.8, 4) is 0 Å². The Labute approximate surface area is 125 Å². The van der Waals surface area contributed by atoms with Gasteiger partial charge >= 0.3 is 0 Å². The molecule has 0 radical (unpaired) electrons. The normalized spacial score (nSPS) is 14.1. The lowest BCUT2D eigenvalue weighted by Crippen LogP contribution is -2.30. The summed E-state index contributed by atoms with van der Waals surface area (Å²) in [6, 6.07) is 10.7. The average molecular weight is 341 g/mol. The summed E-state index contributed by atoms with van der Waals surface area (Å²) in [5.74, 6) is -0.666. The van der Waals surface area contributed by atoms with Crippen LogP contribution in [0.4, 0.5) is 8.78 Å². The molecule has 0 aliphatic rings. The van der Waals surface area contributed by atoms with E-state index in [1.165, 1.54) is 18.2 Å². The van der Waals surface area contributed by atoms with E-state index < -0.39 is 5.60 Å². The van der Waals surface area contributed by atoms with Crippen LogP contribution >= 0.6 is 15.9 Å². The van der Waals surface area contributed by atoms with Gasteiger partial charge in [-0.05, 0) is 36.2 Å². The number of hydrogen-bond acceptors (Lipinski definition) is 1. The molecule has 0 aliphatic carbocycles. The van der Waals surface area contributed by atoms with E-state index in [0.717, 1.165) is 5.56 Å². The summed E-state index contributed by atoms with van der Waals surface area (Å²) in [6.07, 6.45) is 0.506. The van der Waals surface area contributed by atoms with E-state index in [2.05, 4.69) is 15.9 Å². The van der Waals surface area contributed by atoms with Crippen molar-refractivity contribution in [2.75, 3.05) is 0 Å². The highest BCUT2D eigenvalue weighted by atomic mass is 79.9. The van der Waals surface area contributed by atoms with Crippen LogP contribution in [0, 0.1) is 11.6 Å². The van der Waals surface area contributed by atoms with Gasteiger partial charge in [0.1, 0.15) is 11.6 Å². The predicted octanol–water partition coefficient (Wildman–Crippen LogP) is 4.26. The highest BCUT2D eigenvalue weighted by molar-refractivity contribution is 9.10. The Morgan fingerprint density at radius 3 is 2.35 bits per heavy atom. The van der Waals surface area contributed by atoms with Gasteiger partial charge < -0.3 is 5.11 Å². The average Bonchev–Trinajstić information content (AvgIpc) is 2.35. The van der Waals surface area contributed by atoms with Crippen LogP contribution in [0.1, 0.15) is 18.1 Å². The minimum Gasteiger partial charge on any atom is -0.389 e. The molecular formula is C16H15BrF2O. The van der Waals surface area contributed by atoms with Gasteiger partial charge in [-0.3, -0.25) is 0 Å². The van der Waals surface area contributed by atoms with E-state index in [-0.39, 0.29) is 18.1 Å². The zero-order valence-electron chi connectivity index (χ0n) is 11.0. The first kappa shape index (κ1) is 15.1. The summed E-state index contributed by atoms with van der Waals surface area (Å²) in [4.78, 5) is 0.